The van der Waals surface area contributed by atoms with E-state index in [4.69, 9.17) is 14.3 Å². The second-order valence-electron chi connectivity index (χ2n) is 3.82. The Kier molecular flexibility index (Phi) is 4.38. The summed E-state index contributed by atoms with van der Waals surface area (Å²) in [6.07, 6.45) is 4.08. The normalized spacial score (nSPS) is 19.6. The zero-order chi connectivity index (χ0) is 12.1. The molecule has 2 rings (SSSR count). The van der Waals surface area contributed by atoms with Crippen molar-refractivity contribution in [2.24, 2.45) is 0 Å². The minimum atomic E-state index is -0.894. The van der Waals surface area contributed by atoms with E-state index < -0.39 is 5.97 Å². The molecule has 17 heavy (non-hydrogen) atoms. The zero-order valence-corrected chi connectivity index (χ0v) is 10.1. The Morgan fingerprint density at radius 1 is 1.53 bits per heavy atom. The van der Waals surface area contributed by atoms with Gasteiger partial charge in [-0.1, -0.05) is 11.8 Å². The van der Waals surface area contributed by atoms with Crippen LogP contribution in [-0.2, 0) is 16.0 Å². The fourth-order valence-corrected chi connectivity index (χ4v) is 2.18. The van der Waals surface area contributed by atoms with Crippen molar-refractivity contribution in [3.8, 4) is 0 Å². The number of nitrogens with zero attached hydrogens (tertiary/aromatic N) is 2. The number of ether oxygens (including phenoxy) is 1. The molecule has 0 saturated carbocycles. The third-order valence-electron chi connectivity index (χ3n) is 2.47. The van der Waals surface area contributed by atoms with Gasteiger partial charge in [-0.2, -0.15) is 0 Å². The Morgan fingerprint density at radius 3 is 3.12 bits per heavy atom. The van der Waals surface area contributed by atoms with Crippen LogP contribution in [0.2, 0.25) is 0 Å². The maximum absolute atomic E-state index is 10.4. The molecule has 1 atom stereocenters. The Balaban J connectivity index is 1.75. The largest absolute Gasteiger partial charge is 0.481 e. The van der Waals surface area contributed by atoms with E-state index in [0.717, 1.165) is 37.6 Å². The van der Waals surface area contributed by atoms with Crippen LogP contribution >= 0.6 is 11.8 Å². The van der Waals surface area contributed by atoms with Gasteiger partial charge in [0.1, 0.15) is 5.75 Å². The number of aromatic nitrogens is 2. The van der Waals surface area contributed by atoms with Crippen molar-refractivity contribution in [1.82, 2.24) is 10.2 Å². The molecule has 1 N–H and O–H groups in total. The first-order chi connectivity index (χ1) is 8.24. The number of carboxylic acids is 1. The Labute approximate surface area is 103 Å². The Morgan fingerprint density at radius 2 is 2.41 bits per heavy atom. The maximum Gasteiger partial charge on any atom is 0.314 e. The van der Waals surface area contributed by atoms with E-state index in [-0.39, 0.29) is 5.75 Å². The monoisotopic (exact) mass is 258 g/mol. The number of thioether (sulfide) groups is 1. The summed E-state index contributed by atoms with van der Waals surface area (Å²) < 4.78 is 10.8. The standard InChI is InChI=1S/C10H14N2O4S/c13-9(14)6-17-10-12-11-8(16-10)4-3-7-2-1-5-15-7/h7H,1-6H2,(H,13,14). The van der Waals surface area contributed by atoms with Gasteiger partial charge in [0.25, 0.3) is 5.22 Å². The van der Waals surface area contributed by atoms with Crippen molar-refractivity contribution >= 4 is 17.7 Å². The summed E-state index contributed by atoms with van der Waals surface area (Å²) in [5.41, 5.74) is 0. The van der Waals surface area contributed by atoms with Crippen LogP contribution in [0, 0.1) is 0 Å². The van der Waals surface area contributed by atoms with E-state index in [0.29, 0.717) is 23.6 Å². The van der Waals surface area contributed by atoms with Gasteiger partial charge in [0, 0.05) is 13.0 Å². The number of rotatable bonds is 6. The summed E-state index contributed by atoms with van der Waals surface area (Å²) in [5.74, 6) is -0.407. The van der Waals surface area contributed by atoms with E-state index in [9.17, 15) is 4.79 Å². The van der Waals surface area contributed by atoms with Gasteiger partial charge in [-0.15, -0.1) is 10.2 Å². The summed E-state index contributed by atoms with van der Waals surface area (Å²) in [5, 5.41) is 16.5. The van der Waals surface area contributed by atoms with E-state index in [2.05, 4.69) is 10.2 Å². The lowest BCUT2D eigenvalue weighted by atomic mass is 10.1. The van der Waals surface area contributed by atoms with Crippen molar-refractivity contribution in [1.29, 1.82) is 0 Å². The molecule has 1 aromatic heterocycles. The fraction of sp³-hybridized carbons (Fsp3) is 0.700. The highest BCUT2D eigenvalue weighted by molar-refractivity contribution is 7.99. The van der Waals surface area contributed by atoms with Crippen LogP contribution < -0.4 is 0 Å². The number of hydrogen-bond acceptors (Lipinski definition) is 6. The minimum Gasteiger partial charge on any atom is -0.481 e. The van der Waals surface area contributed by atoms with E-state index in [1.807, 2.05) is 0 Å². The summed E-state index contributed by atoms with van der Waals surface area (Å²) >= 11 is 1.04. The zero-order valence-electron chi connectivity index (χ0n) is 9.29. The highest BCUT2D eigenvalue weighted by Gasteiger charge is 2.17. The van der Waals surface area contributed by atoms with E-state index >= 15 is 0 Å². The first-order valence-corrected chi connectivity index (χ1v) is 6.51. The Hall–Kier alpha value is -1.08. The third-order valence-corrected chi connectivity index (χ3v) is 3.27. The molecule has 1 fully saturated rings. The smallest absolute Gasteiger partial charge is 0.314 e. The average molecular weight is 258 g/mol. The molecule has 6 nitrogen and oxygen atoms in total. The SMILES string of the molecule is O=C(O)CSc1nnc(CCC2CCCO2)o1. The Bertz CT molecular complexity index is 376. The average Bonchev–Trinajstić information content (AvgIpc) is 2.95. The molecule has 7 heteroatoms. The highest BCUT2D eigenvalue weighted by Crippen LogP contribution is 2.19. The van der Waals surface area contributed by atoms with Gasteiger partial charge in [0.05, 0.1) is 6.10 Å². The number of carboxylic acid groups (broad SMARTS) is 1. The third kappa shape index (κ3) is 4.01. The van der Waals surface area contributed by atoms with Crippen LogP contribution in [0.1, 0.15) is 25.2 Å². The highest BCUT2D eigenvalue weighted by atomic mass is 32.2. The summed E-state index contributed by atoms with van der Waals surface area (Å²) in [6, 6.07) is 0. The molecule has 94 valence electrons. The van der Waals surface area contributed by atoms with Crippen molar-refractivity contribution in [2.45, 2.75) is 37.0 Å². The summed E-state index contributed by atoms with van der Waals surface area (Å²) in [4.78, 5) is 10.4. The molecule has 0 radical (unpaired) electrons. The lowest BCUT2D eigenvalue weighted by molar-refractivity contribution is -0.133. The van der Waals surface area contributed by atoms with Gasteiger partial charge in [-0.3, -0.25) is 4.79 Å². The number of aryl methyl sites for hydroxylation is 1. The molecule has 0 spiro atoms. The summed E-state index contributed by atoms with van der Waals surface area (Å²) in [7, 11) is 0. The molecule has 2 heterocycles. The van der Waals surface area contributed by atoms with Crippen LogP contribution in [0.25, 0.3) is 0 Å². The predicted octanol–water partition coefficient (Wildman–Crippen LogP) is 1.36. The molecule has 0 aliphatic carbocycles. The molecule has 0 aromatic carbocycles. The minimum absolute atomic E-state index is 0.0621. The number of aliphatic carboxylic acids is 1. The van der Waals surface area contributed by atoms with Crippen LogP contribution in [0.3, 0.4) is 0 Å². The molecule has 0 bridgehead atoms. The molecular weight excluding hydrogens is 244 g/mol. The second-order valence-corrected chi connectivity index (χ2v) is 4.74. The lowest BCUT2D eigenvalue weighted by Crippen LogP contribution is -2.06. The van der Waals surface area contributed by atoms with Gasteiger partial charge in [0.15, 0.2) is 0 Å². The van der Waals surface area contributed by atoms with Gasteiger partial charge >= 0.3 is 5.97 Å². The van der Waals surface area contributed by atoms with E-state index in [1.165, 1.54) is 0 Å². The van der Waals surface area contributed by atoms with Crippen molar-refractivity contribution in [3.05, 3.63) is 5.89 Å². The van der Waals surface area contributed by atoms with E-state index in [1.54, 1.807) is 0 Å². The van der Waals surface area contributed by atoms with Gasteiger partial charge < -0.3 is 14.3 Å². The quantitative estimate of drug-likeness (QED) is 0.771. The van der Waals surface area contributed by atoms with Crippen LogP contribution in [-0.4, -0.2) is 39.7 Å². The first kappa shape index (κ1) is 12.4. The van der Waals surface area contributed by atoms with Gasteiger partial charge in [-0.05, 0) is 19.3 Å². The number of carbonyl (C=O) groups is 1. The predicted molar refractivity (Wildman–Crippen MR) is 60.0 cm³/mol. The molecule has 1 unspecified atom stereocenters. The molecule has 1 aromatic rings. The van der Waals surface area contributed by atoms with Gasteiger partial charge in [0.2, 0.25) is 5.89 Å². The molecule has 1 aliphatic rings. The topological polar surface area (TPSA) is 85.5 Å². The second kappa shape index (κ2) is 6.02. The first-order valence-electron chi connectivity index (χ1n) is 5.52. The van der Waals surface area contributed by atoms with Crippen molar-refractivity contribution in [3.63, 3.8) is 0 Å². The van der Waals surface area contributed by atoms with Crippen LogP contribution in [0.15, 0.2) is 9.64 Å². The van der Waals surface area contributed by atoms with Gasteiger partial charge in [-0.25, -0.2) is 0 Å². The fourth-order valence-electron chi connectivity index (χ4n) is 1.68. The maximum atomic E-state index is 10.4. The van der Waals surface area contributed by atoms with Crippen LogP contribution in [0.5, 0.6) is 0 Å². The summed E-state index contributed by atoms with van der Waals surface area (Å²) in [6.45, 7) is 0.841. The molecular formula is C10H14N2O4S. The van der Waals surface area contributed by atoms with Crippen molar-refractivity contribution < 1.29 is 19.1 Å². The number of hydrogen-bond donors (Lipinski definition) is 1. The lowest BCUT2D eigenvalue weighted by Gasteiger charge is -2.05. The molecule has 1 aliphatic heterocycles. The van der Waals surface area contributed by atoms with Crippen molar-refractivity contribution in [2.75, 3.05) is 12.4 Å². The van der Waals surface area contributed by atoms with Crippen LogP contribution in [0.4, 0.5) is 0 Å². The molecule has 1 saturated heterocycles. The molecule has 0 amide bonds.